The van der Waals surface area contributed by atoms with Crippen LogP contribution in [0, 0.1) is 5.92 Å². The minimum absolute atomic E-state index is 0.0297. The van der Waals surface area contributed by atoms with Crippen LogP contribution in [-0.4, -0.2) is 31.8 Å². The van der Waals surface area contributed by atoms with Crippen LogP contribution in [0.1, 0.15) is 18.9 Å². The number of hydrogen-bond donors (Lipinski definition) is 0. The summed E-state index contributed by atoms with van der Waals surface area (Å²) in [5.74, 6) is -1.86. The highest BCUT2D eigenvalue weighted by atomic mass is 16.5. The Labute approximate surface area is 134 Å². The first-order chi connectivity index (χ1) is 11.0. The summed E-state index contributed by atoms with van der Waals surface area (Å²) in [4.78, 5) is 35.8. The summed E-state index contributed by atoms with van der Waals surface area (Å²) in [7, 11) is 3.04. The van der Waals surface area contributed by atoms with Gasteiger partial charge in [-0.05, 0) is 25.0 Å². The first-order valence-electron chi connectivity index (χ1n) is 7.14. The minimum atomic E-state index is -1.37. The molecule has 0 amide bonds. The number of allylic oxidation sites excluding steroid dienone is 2. The molecule has 0 saturated carbocycles. The number of esters is 1. The van der Waals surface area contributed by atoms with E-state index in [-0.39, 0.29) is 12.2 Å². The number of carbonyl (C=O) groups excluding carboxylic acids is 3. The fraction of sp³-hybridized carbons (Fsp3) is 0.353. The molecule has 6 heteroatoms. The van der Waals surface area contributed by atoms with E-state index in [1.807, 2.05) is 0 Å². The number of hydrogen-bond acceptors (Lipinski definition) is 6. The molecule has 0 fully saturated rings. The molecule has 1 aromatic carbocycles. The maximum atomic E-state index is 12.2. The van der Waals surface area contributed by atoms with E-state index in [1.165, 1.54) is 27.2 Å². The van der Waals surface area contributed by atoms with Gasteiger partial charge in [0, 0.05) is 12.5 Å². The summed E-state index contributed by atoms with van der Waals surface area (Å²) < 4.78 is 15.4. The Hall–Kier alpha value is -2.63. The van der Waals surface area contributed by atoms with Crippen LogP contribution in [0.4, 0.5) is 0 Å². The number of cyclic esters (lactones) is 1. The standard InChI is InChI=1S/C17H18O6/c1-10-9-13(19)15(17(20)23-10)12(18)8-7-11-5-4-6-14(21-2)16(11)22-3/h4-6,9,15H,7-8H2,1-3H3. The molecule has 1 aromatic rings. The maximum absolute atomic E-state index is 12.2. The third-order valence-electron chi connectivity index (χ3n) is 3.57. The van der Waals surface area contributed by atoms with Gasteiger partial charge in [0.2, 0.25) is 0 Å². The second kappa shape index (κ2) is 7.09. The van der Waals surface area contributed by atoms with Crippen molar-refractivity contribution in [2.75, 3.05) is 14.2 Å². The van der Waals surface area contributed by atoms with E-state index in [9.17, 15) is 14.4 Å². The van der Waals surface area contributed by atoms with Gasteiger partial charge in [-0.1, -0.05) is 12.1 Å². The molecule has 1 aliphatic heterocycles. The summed E-state index contributed by atoms with van der Waals surface area (Å²) >= 11 is 0. The van der Waals surface area contributed by atoms with Gasteiger partial charge in [-0.25, -0.2) is 0 Å². The zero-order valence-electron chi connectivity index (χ0n) is 13.3. The Balaban J connectivity index is 2.11. The first kappa shape index (κ1) is 16.7. The highest BCUT2D eigenvalue weighted by Gasteiger charge is 2.37. The Morgan fingerprint density at radius 1 is 1.22 bits per heavy atom. The van der Waals surface area contributed by atoms with Gasteiger partial charge in [-0.15, -0.1) is 0 Å². The van der Waals surface area contributed by atoms with Gasteiger partial charge in [0.25, 0.3) is 0 Å². The molecule has 23 heavy (non-hydrogen) atoms. The van der Waals surface area contributed by atoms with Crippen LogP contribution in [0.5, 0.6) is 11.5 Å². The van der Waals surface area contributed by atoms with Crippen LogP contribution >= 0.6 is 0 Å². The normalized spacial score (nSPS) is 17.3. The van der Waals surface area contributed by atoms with Gasteiger partial charge >= 0.3 is 5.97 Å². The van der Waals surface area contributed by atoms with Crippen molar-refractivity contribution in [2.24, 2.45) is 5.92 Å². The smallest absolute Gasteiger partial charge is 0.329 e. The summed E-state index contributed by atoms with van der Waals surface area (Å²) in [6, 6.07) is 5.34. The van der Waals surface area contributed by atoms with Crippen molar-refractivity contribution in [3.05, 3.63) is 35.6 Å². The van der Waals surface area contributed by atoms with Crippen LogP contribution in [0.15, 0.2) is 30.0 Å². The van der Waals surface area contributed by atoms with Gasteiger partial charge in [0.15, 0.2) is 29.0 Å². The van der Waals surface area contributed by atoms with Crippen molar-refractivity contribution in [1.82, 2.24) is 0 Å². The number of ether oxygens (including phenoxy) is 3. The van der Waals surface area contributed by atoms with Gasteiger partial charge in [-0.2, -0.15) is 0 Å². The summed E-state index contributed by atoms with van der Waals surface area (Å²) in [5.41, 5.74) is 0.767. The van der Waals surface area contributed by atoms with Crippen LogP contribution in [0.25, 0.3) is 0 Å². The van der Waals surface area contributed by atoms with E-state index >= 15 is 0 Å². The van der Waals surface area contributed by atoms with Crippen LogP contribution in [0.3, 0.4) is 0 Å². The Bertz CT molecular complexity index is 674. The molecule has 6 nitrogen and oxygen atoms in total. The molecule has 0 spiro atoms. The largest absolute Gasteiger partial charge is 0.493 e. The lowest BCUT2D eigenvalue weighted by Gasteiger charge is -2.17. The number of aryl methyl sites for hydroxylation is 1. The van der Waals surface area contributed by atoms with Gasteiger partial charge in [0.1, 0.15) is 5.76 Å². The van der Waals surface area contributed by atoms with Crippen molar-refractivity contribution in [3.63, 3.8) is 0 Å². The van der Waals surface area contributed by atoms with Crippen molar-refractivity contribution in [3.8, 4) is 11.5 Å². The molecule has 1 atom stereocenters. The summed E-state index contributed by atoms with van der Waals surface area (Å²) in [6.07, 6.45) is 1.54. The Kier molecular flexibility index (Phi) is 5.16. The molecular formula is C17H18O6. The molecule has 1 aliphatic rings. The molecule has 0 radical (unpaired) electrons. The van der Waals surface area contributed by atoms with E-state index in [4.69, 9.17) is 14.2 Å². The lowest BCUT2D eigenvalue weighted by atomic mass is 9.92. The number of methoxy groups -OCH3 is 2. The number of Topliss-reactive ketones (excluding diaryl/α,β-unsaturated/α-hetero) is 1. The van der Waals surface area contributed by atoms with Crippen molar-refractivity contribution < 1.29 is 28.6 Å². The van der Waals surface area contributed by atoms with Crippen LogP contribution in [-0.2, 0) is 25.5 Å². The number of rotatable bonds is 6. The second-order valence-electron chi connectivity index (χ2n) is 5.13. The molecule has 0 N–H and O–H groups in total. The molecule has 122 valence electrons. The highest BCUT2D eigenvalue weighted by Crippen LogP contribution is 2.31. The van der Waals surface area contributed by atoms with Gasteiger partial charge < -0.3 is 14.2 Å². The van der Waals surface area contributed by atoms with E-state index < -0.39 is 23.5 Å². The zero-order valence-corrected chi connectivity index (χ0v) is 13.3. The van der Waals surface area contributed by atoms with E-state index in [0.717, 1.165) is 5.56 Å². The monoisotopic (exact) mass is 318 g/mol. The van der Waals surface area contributed by atoms with Crippen LogP contribution in [0.2, 0.25) is 0 Å². The third kappa shape index (κ3) is 3.59. The van der Waals surface area contributed by atoms with E-state index in [0.29, 0.717) is 17.9 Å². The Morgan fingerprint density at radius 2 is 1.96 bits per heavy atom. The molecule has 0 aliphatic carbocycles. The first-order valence-corrected chi connectivity index (χ1v) is 7.14. The quantitative estimate of drug-likeness (QED) is 0.588. The lowest BCUT2D eigenvalue weighted by Crippen LogP contribution is -2.35. The third-order valence-corrected chi connectivity index (χ3v) is 3.57. The fourth-order valence-corrected chi connectivity index (χ4v) is 2.49. The molecule has 1 unspecified atom stereocenters. The number of benzene rings is 1. The number of carbonyl (C=O) groups is 3. The number of para-hydroxylation sites is 1. The van der Waals surface area contributed by atoms with Gasteiger partial charge in [0.05, 0.1) is 14.2 Å². The van der Waals surface area contributed by atoms with Crippen molar-refractivity contribution in [1.29, 1.82) is 0 Å². The maximum Gasteiger partial charge on any atom is 0.329 e. The van der Waals surface area contributed by atoms with Crippen molar-refractivity contribution >= 4 is 17.5 Å². The predicted molar refractivity (Wildman–Crippen MR) is 81.2 cm³/mol. The van der Waals surface area contributed by atoms with E-state index in [2.05, 4.69) is 0 Å². The molecule has 0 aromatic heterocycles. The molecular weight excluding hydrogens is 300 g/mol. The average molecular weight is 318 g/mol. The molecule has 2 rings (SSSR count). The SMILES string of the molecule is COc1cccc(CCC(=O)C2C(=O)C=C(C)OC2=O)c1OC. The Morgan fingerprint density at radius 3 is 2.57 bits per heavy atom. The van der Waals surface area contributed by atoms with Gasteiger partial charge in [-0.3, -0.25) is 14.4 Å². The lowest BCUT2D eigenvalue weighted by molar-refractivity contribution is -0.152. The predicted octanol–water partition coefficient (Wildman–Crippen LogP) is 1.85. The van der Waals surface area contributed by atoms with Crippen LogP contribution < -0.4 is 9.47 Å². The average Bonchev–Trinajstić information content (AvgIpc) is 2.51. The van der Waals surface area contributed by atoms with E-state index in [1.54, 1.807) is 18.2 Å². The molecule has 0 bridgehead atoms. The zero-order chi connectivity index (χ0) is 17.0. The summed E-state index contributed by atoms with van der Waals surface area (Å²) in [6.45, 7) is 1.50. The fourth-order valence-electron chi connectivity index (χ4n) is 2.49. The number of ketones is 2. The molecule has 0 saturated heterocycles. The highest BCUT2D eigenvalue weighted by molar-refractivity contribution is 6.22. The molecule has 1 heterocycles. The topological polar surface area (TPSA) is 78.9 Å². The van der Waals surface area contributed by atoms with Crippen molar-refractivity contribution in [2.45, 2.75) is 19.8 Å². The minimum Gasteiger partial charge on any atom is -0.493 e. The second-order valence-corrected chi connectivity index (χ2v) is 5.13. The summed E-state index contributed by atoms with van der Waals surface area (Å²) in [5, 5.41) is 0.